The maximum atomic E-state index is 11.9. The minimum atomic E-state index is -3.35. The van der Waals surface area contributed by atoms with Crippen LogP contribution in [0.15, 0.2) is 18.2 Å². The minimum absolute atomic E-state index is 0.334. The molecule has 1 aromatic carbocycles. The van der Waals surface area contributed by atoms with E-state index in [2.05, 4.69) is 15.7 Å². The largest absolute Gasteiger partial charge is 0.486 e. The third-order valence-corrected chi connectivity index (χ3v) is 6.14. The lowest BCUT2D eigenvalue weighted by molar-refractivity contribution is 0.164. The second-order valence-electron chi connectivity index (χ2n) is 6.86. The lowest BCUT2D eigenvalue weighted by Gasteiger charge is -2.33. The summed E-state index contributed by atoms with van der Waals surface area (Å²) in [5.41, 5.74) is 1.19. The molecule has 2 heterocycles. The molecule has 0 bridgehead atoms. The van der Waals surface area contributed by atoms with E-state index in [9.17, 15) is 8.42 Å². The first kappa shape index (κ1) is 18.4. The van der Waals surface area contributed by atoms with Gasteiger partial charge in [0.15, 0.2) is 11.5 Å². The quantitative estimate of drug-likeness (QED) is 0.812. The molecule has 1 saturated heterocycles. The van der Waals surface area contributed by atoms with Gasteiger partial charge < -0.3 is 9.47 Å². The highest BCUT2D eigenvalue weighted by Gasteiger charge is 2.23. The molecule has 2 aliphatic heterocycles. The molecule has 0 aliphatic carbocycles. The van der Waals surface area contributed by atoms with Crippen LogP contribution in [0.5, 0.6) is 11.5 Å². The van der Waals surface area contributed by atoms with E-state index < -0.39 is 10.2 Å². The Morgan fingerprint density at radius 2 is 2.00 bits per heavy atom. The van der Waals surface area contributed by atoms with E-state index >= 15 is 0 Å². The molecule has 1 aromatic rings. The Hall–Kier alpha value is -1.35. The zero-order valence-corrected chi connectivity index (χ0v) is 15.7. The summed E-state index contributed by atoms with van der Waals surface area (Å²) in [5.74, 6) is 1.96. The van der Waals surface area contributed by atoms with Crippen molar-refractivity contribution in [2.24, 2.45) is 5.92 Å². The predicted molar refractivity (Wildman–Crippen MR) is 96.0 cm³/mol. The SMILES string of the molecule is CN(C)S(=O)(=O)NCC1CCCN(Cc2ccc3c(c2)OCCO3)C1. The van der Waals surface area contributed by atoms with Gasteiger partial charge in [0.1, 0.15) is 13.2 Å². The number of fused-ring (bicyclic) bond motifs is 1. The Bertz CT molecular complexity index is 693. The molecule has 25 heavy (non-hydrogen) atoms. The first-order chi connectivity index (χ1) is 11.9. The Morgan fingerprint density at radius 1 is 1.24 bits per heavy atom. The molecule has 1 atom stereocenters. The summed E-state index contributed by atoms with van der Waals surface area (Å²) < 4.78 is 38.8. The lowest BCUT2D eigenvalue weighted by Crippen LogP contribution is -2.43. The number of nitrogens with zero attached hydrogens (tertiary/aromatic N) is 2. The van der Waals surface area contributed by atoms with E-state index in [1.54, 1.807) is 0 Å². The highest BCUT2D eigenvalue weighted by Crippen LogP contribution is 2.31. The average molecular weight is 369 g/mol. The van der Waals surface area contributed by atoms with Crippen molar-refractivity contribution in [3.63, 3.8) is 0 Å². The van der Waals surface area contributed by atoms with E-state index in [1.165, 1.54) is 24.0 Å². The van der Waals surface area contributed by atoms with Gasteiger partial charge in [-0.2, -0.15) is 12.7 Å². The summed E-state index contributed by atoms with van der Waals surface area (Å²) in [4.78, 5) is 2.38. The van der Waals surface area contributed by atoms with Gasteiger partial charge >= 0.3 is 0 Å². The molecule has 140 valence electrons. The molecular weight excluding hydrogens is 342 g/mol. The third kappa shape index (κ3) is 4.84. The van der Waals surface area contributed by atoms with Gasteiger partial charge in [-0.1, -0.05) is 6.07 Å². The van der Waals surface area contributed by atoms with Crippen LogP contribution >= 0.6 is 0 Å². The number of rotatable bonds is 6. The van der Waals surface area contributed by atoms with Crippen LogP contribution in [-0.4, -0.2) is 64.6 Å². The van der Waals surface area contributed by atoms with Crippen LogP contribution in [0.2, 0.25) is 0 Å². The minimum Gasteiger partial charge on any atom is -0.486 e. The molecule has 1 unspecified atom stereocenters. The molecule has 0 spiro atoms. The zero-order chi connectivity index (χ0) is 17.9. The maximum absolute atomic E-state index is 11.9. The Balaban J connectivity index is 1.55. The first-order valence-electron chi connectivity index (χ1n) is 8.72. The molecule has 0 aromatic heterocycles. The van der Waals surface area contributed by atoms with Crippen LogP contribution in [0.3, 0.4) is 0 Å². The van der Waals surface area contributed by atoms with E-state index in [0.29, 0.717) is 25.7 Å². The Labute approximate surface area is 150 Å². The van der Waals surface area contributed by atoms with Gasteiger partial charge in [-0.15, -0.1) is 0 Å². The summed E-state index contributed by atoms with van der Waals surface area (Å²) in [6, 6.07) is 6.09. The number of likely N-dealkylation sites (tertiary alicyclic amines) is 1. The van der Waals surface area contributed by atoms with Crippen molar-refractivity contribution in [3.05, 3.63) is 23.8 Å². The molecule has 0 saturated carbocycles. The van der Waals surface area contributed by atoms with Crippen LogP contribution in [0, 0.1) is 5.92 Å². The van der Waals surface area contributed by atoms with Crippen molar-refractivity contribution in [3.8, 4) is 11.5 Å². The van der Waals surface area contributed by atoms with Crippen LogP contribution in [0.1, 0.15) is 18.4 Å². The number of benzene rings is 1. The number of hydrogen-bond acceptors (Lipinski definition) is 5. The molecule has 1 N–H and O–H groups in total. The summed E-state index contributed by atoms with van der Waals surface area (Å²) in [5, 5.41) is 0. The fourth-order valence-corrected chi connectivity index (χ4v) is 3.96. The summed E-state index contributed by atoms with van der Waals surface area (Å²) in [6.07, 6.45) is 2.13. The van der Waals surface area contributed by atoms with Crippen molar-refractivity contribution in [2.45, 2.75) is 19.4 Å². The molecule has 7 nitrogen and oxygen atoms in total. The molecule has 8 heteroatoms. The highest BCUT2D eigenvalue weighted by molar-refractivity contribution is 7.87. The maximum Gasteiger partial charge on any atom is 0.278 e. The number of nitrogens with one attached hydrogen (secondary N) is 1. The molecule has 2 aliphatic rings. The second kappa shape index (κ2) is 7.90. The molecule has 0 radical (unpaired) electrons. The van der Waals surface area contributed by atoms with Crippen molar-refractivity contribution in [1.82, 2.24) is 13.9 Å². The molecule has 1 fully saturated rings. The fourth-order valence-electron chi connectivity index (χ4n) is 3.26. The predicted octanol–water partition coefficient (Wildman–Crippen LogP) is 1.07. The summed E-state index contributed by atoms with van der Waals surface area (Å²) >= 11 is 0. The topological polar surface area (TPSA) is 71.1 Å². The first-order valence-corrected chi connectivity index (χ1v) is 10.2. The monoisotopic (exact) mass is 369 g/mol. The molecule has 0 amide bonds. The Kier molecular flexibility index (Phi) is 5.83. The van der Waals surface area contributed by atoms with Gasteiger partial charge in [0, 0.05) is 33.7 Å². The van der Waals surface area contributed by atoms with Crippen molar-refractivity contribution >= 4 is 10.2 Å². The number of ether oxygens (including phenoxy) is 2. The van der Waals surface area contributed by atoms with Gasteiger partial charge in [0.25, 0.3) is 10.2 Å². The zero-order valence-electron chi connectivity index (χ0n) is 14.9. The van der Waals surface area contributed by atoms with Crippen molar-refractivity contribution < 1.29 is 17.9 Å². The van der Waals surface area contributed by atoms with Crippen LogP contribution < -0.4 is 14.2 Å². The van der Waals surface area contributed by atoms with E-state index in [1.807, 2.05) is 12.1 Å². The third-order valence-electron chi connectivity index (χ3n) is 4.65. The van der Waals surface area contributed by atoms with Crippen LogP contribution in [0.25, 0.3) is 0 Å². The summed E-state index contributed by atoms with van der Waals surface area (Å²) in [7, 11) is -0.272. The Morgan fingerprint density at radius 3 is 2.76 bits per heavy atom. The number of piperidine rings is 1. The lowest BCUT2D eigenvalue weighted by atomic mass is 9.98. The van der Waals surface area contributed by atoms with E-state index in [-0.39, 0.29) is 0 Å². The highest BCUT2D eigenvalue weighted by atomic mass is 32.2. The summed E-state index contributed by atoms with van der Waals surface area (Å²) in [6.45, 7) is 4.44. The van der Waals surface area contributed by atoms with E-state index in [4.69, 9.17) is 9.47 Å². The van der Waals surface area contributed by atoms with Gasteiger partial charge in [-0.3, -0.25) is 4.90 Å². The van der Waals surface area contributed by atoms with Gasteiger partial charge in [-0.05, 0) is 43.0 Å². The van der Waals surface area contributed by atoms with Gasteiger partial charge in [0.2, 0.25) is 0 Å². The van der Waals surface area contributed by atoms with Gasteiger partial charge in [0.05, 0.1) is 0 Å². The standard InChI is InChI=1S/C17H27N3O4S/c1-19(2)25(21,22)18-11-15-4-3-7-20(13-15)12-14-5-6-16-17(10-14)24-9-8-23-16/h5-6,10,15,18H,3-4,7-9,11-13H2,1-2H3. The van der Waals surface area contributed by atoms with Crippen LogP contribution in [0.4, 0.5) is 0 Å². The normalized spacial score (nSPS) is 21.5. The molecule has 3 rings (SSSR count). The van der Waals surface area contributed by atoms with Crippen molar-refractivity contribution in [2.75, 3.05) is 46.9 Å². The number of hydrogen-bond donors (Lipinski definition) is 1. The van der Waals surface area contributed by atoms with Crippen molar-refractivity contribution in [1.29, 1.82) is 0 Å². The van der Waals surface area contributed by atoms with E-state index in [0.717, 1.165) is 44.0 Å². The second-order valence-corrected chi connectivity index (χ2v) is 8.83. The average Bonchev–Trinajstić information content (AvgIpc) is 2.60. The van der Waals surface area contributed by atoms with Crippen LogP contribution in [-0.2, 0) is 16.8 Å². The fraction of sp³-hybridized carbons (Fsp3) is 0.647. The smallest absolute Gasteiger partial charge is 0.278 e. The van der Waals surface area contributed by atoms with Gasteiger partial charge in [-0.25, -0.2) is 4.72 Å². The molecular formula is C17H27N3O4S.